The summed E-state index contributed by atoms with van der Waals surface area (Å²) in [5.74, 6) is 0.261. The molecule has 4 heteroatoms. The predicted molar refractivity (Wildman–Crippen MR) is 94.5 cm³/mol. The van der Waals surface area contributed by atoms with Gasteiger partial charge in [0.1, 0.15) is 0 Å². The van der Waals surface area contributed by atoms with Crippen molar-refractivity contribution in [1.82, 2.24) is 4.90 Å². The number of carbonyl (C=O) groups is 1. The van der Waals surface area contributed by atoms with Crippen LogP contribution in [0.1, 0.15) is 49.3 Å². The minimum Gasteiger partial charge on any atom is -0.338 e. The van der Waals surface area contributed by atoms with E-state index in [1.165, 1.54) is 23.1 Å². The third-order valence-electron chi connectivity index (χ3n) is 4.58. The van der Waals surface area contributed by atoms with Crippen LogP contribution in [0.4, 0.5) is 0 Å². The largest absolute Gasteiger partial charge is 0.338 e. The van der Waals surface area contributed by atoms with E-state index in [-0.39, 0.29) is 30.4 Å². The van der Waals surface area contributed by atoms with Gasteiger partial charge in [0.05, 0.1) is 0 Å². The lowest BCUT2D eigenvalue weighted by Crippen LogP contribution is -2.51. The van der Waals surface area contributed by atoms with Gasteiger partial charge in [-0.25, -0.2) is 0 Å². The van der Waals surface area contributed by atoms with E-state index in [1.54, 1.807) is 0 Å². The molecule has 1 aromatic carbocycles. The van der Waals surface area contributed by atoms with Crippen molar-refractivity contribution in [3.8, 4) is 0 Å². The summed E-state index contributed by atoms with van der Waals surface area (Å²) in [7, 11) is 0. The summed E-state index contributed by atoms with van der Waals surface area (Å²) in [5, 5.41) is 0. The Morgan fingerprint density at radius 2 is 2.09 bits per heavy atom. The van der Waals surface area contributed by atoms with E-state index in [9.17, 15) is 4.79 Å². The van der Waals surface area contributed by atoms with Crippen LogP contribution in [0.25, 0.3) is 0 Å². The Labute approximate surface area is 140 Å². The molecular formula is C18H29ClN2O. The van der Waals surface area contributed by atoms with Gasteiger partial charge in [-0.2, -0.15) is 0 Å². The zero-order valence-corrected chi connectivity index (χ0v) is 14.8. The molecule has 124 valence electrons. The van der Waals surface area contributed by atoms with Crippen LogP contribution in [-0.2, 0) is 11.2 Å². The average Bonchev–Trinajstić information content (AvgIpc) is 2.46. The number of halogens is 1. The lowest BCUT2D eigenvalue weighted by molar-refractivity contribution is -0.135. The summed E-state index contributed by atoms with van der Waals surface area (Å²) in [6.07, 6.45) is 4.76. The standard InChI is InChI=1S/C18H28N2O.ClH/c1-13-7-8-16(14(2)12-13)9-10-18(21)20-11-5-4-6-17(20)15(3)19;/h7-8,12,15,17H,4-6,9-11,19H2,1-3H3;1H. The zero-order chi connectivity index (χ0) is 15.4. The molecule has 1 aliphatic rings. The molecule has 1 heterocycles. The van der Waals surface area contributed by atoms with Crippen LogP contribution < -0.4 is 5.73 Å². The molecule has 2 atom stereocenters. The fourth-order valence-electron chi connectivity index (χ4n) is 3.33. The summed E-state index contributed by atoms with van der Waals surface area (Å²) >= 11 is 0. The fraction of sp³-hybridized carbons (Fsp3) is 0.611. The van der Waals surface area contributed by atoms with E-state index in [1.807, 2.05) is 11.8 Å². The van der Waals surface area contributed by atoms with Crippen LogP contribution >= 0.6 is 12.4 Å². The zero-order valence-electron chi connectivity index (χ0n) is 14.0. The van der Waals surface area contributed by atoms with Gasteiger partial charge in [-0.05, 0) is 57.6 Å². The second-order valence-electron chi connectivity index (χ2n) is 6.44. The molecule has 0 radical (unpaired) electrons. The van der Waals surface area contributed by atoms with Gasteiger partial charge in [0, 0.05) is 25.0 Å². The van der Waals surface area contributed by atoms with E-state index >= 15 is 0 Å². The third kappa shape index (κ3) is 4.72. The van der Waals surface area contributed by atoms with Gasteiger partial charge in [0.25, 0.3) is 0 Å². The number of hydrogen-bond acceptors (Lipinski definition) is 2. The number of nitrogens with zero attached hydrogens (tertiary/aromatic N) is 1. The Morgan fingerprint density at radius 3 is 2.73 bits per heavy atom. The Bertz CT molecular complexity index is 502. The first-order valence-corrected chi connectivity index (χ1v) is 8.10. The van der Waals surface area contributed by atoms with Gasteiger partial charge in [0.2, 0.25) is 5.91 Å². The van der Waals surface area contributed by atoms with E-state index in [4.69, 9.17) is 5.73 Å². The number of nitrogens with two attached hydrogens (primary N) is 1. The number of aryl methyl sites for hydroxylation is 3. The molecular weight excluding hydrogens is 296 g/mol. The van der Waals surface area contributed by atoms with Gasteiger partial charge in [0.15, 0.2) is 0 Å². The number of carbonyl (C=O) groups excluding carboxylic acids is 1. The highest BCUT2D eigenvalue weighted by molar-refractivity contribution is 5.85. The van der Waals surface area contributed by atoms with Gasteiger partial charge < -0.3 is 10.6 Å². The van der Waals surface area contributed by atoms with Crippen LogP contribution in [0.15, 0.2) is 18.2 Å². The Hall–Kier alpha value is -1.06. The van der Waals surface area contributed by atoms with Crippen LogP contribution in [0.5, 0.6) is 0 Å². The molecule has 1 saturated heterocycles. The minimum absolute atomic E-state index is 0. The highest BCUT2D eigenvalue weighted by atomic mass is 35.5. The Morgan fingerprint density at radius 1 is 1.36 bits per heavy atom. The molecule has 3 nitrogen and oxygen atoms in total. The Kier molecular flexibility index (Phi) is 7.37. The lowest BCUT2D eigenvalue weighted by atomic mass is 9.95. The fourth-order valence-corrected chi connectivity index (χ4v) is 3.33. The van der Waals surface area contributed by atoms with Crippen LogP contribution in [-0.4, -0.2) is 29.4 Å². The summed E-state index contributed by atoms with van der Waals surface area (Å²) in [4.78, 5) is 14.6. The summed E-state index contributed by atoms with van der Waals surface area (Å²) in [5.41, 5.74) is 9.89. The summed E-state index contributed by atoms with van der Waals surface area (Å²) in [6.45, 7) is 7.11. The third-order valence-corrected chi connectivity index (χ3v) is 4.58. The van der Waals surface area contributed by atoms with E-state index in [0.717, 1.165) is 25.8 Å². The van der Waals surface area contributed by atoms with Crippen LogP contribution in [0.2, 0.25) is 0 Å². The molecule has 0 aromatic heterocycles. The van der Waals surface area contributed by atoms with E-state index in [0.29, 0.717) is 6.42 Å². The molecule has 1 aliphatic heterocycles. The molecule has 0 aliphatic carbocycles. The molecule has 0 spiro atoms. The van der Waals surface area contributed by atoms with E-state index in [2.05, 4.69) is 32.0 Å². The van der Waals surface area contributed by atoms with Gasteiger partial charge in [-0.1, -0.05) is 23.8 Å². The molecule has 2 unspecified atom stereocenters. The second-order valence-corrected chi connectivity index (χ2v) is 6.44. The number of piperidine rings is 1. The number of rotatable bonds is 4. The normalized spacial score (nSPS) is 19.5. The first-order valence-electron chi connectivity index (χ1n) is 8.10. The SMILES string of the molecule is Cc1ccc(CCC(=O)N2CCCCC2C(C)N)c(C)c1.Cl. The smallest absolute Gasteiger partial charge is 0.223 e. The molecule has 1 aromatic rings. The molecule has 22 heavy (non-hydrogen) atoms. The highest BCUT2D eigenvalue weighted by Gasteiger charge is 2.28. The number of benzene rings is 1. The quantitative estimate of drug-likeness (QED) is 0.922. The number of likely N-dealkylation sites (tertiary alicyclic amines) is 1. The van der Waals surface area contributed by atoms with Crippen LogP contribution in [0.3, 0.4) is 0 Å². The first-order chi connectivity index (χ1) is 9.99. The van der Waals surface area contributed by atoms with Gasteiger partial charge >= 0.3 is 0 Å². The van der Waals surface area contributed by atoms with Crippen molar-refractivity contribution in [3.63, 3.8) is 0 Å². The van der Waals surface area contributed by atoms with Gasteiger partial charge in [-0.15, -0.1) is 12.4 Å². The molecule has 2 N–H and O–H groups in total. The van der Waals surface area contributed by atoms with Crippen molar-refractivity contribution in [2.24, 2.45) is 5.73 Å². The average molecular weight is 325 g/mol. The maximum absolute atomic E-state index is 12.5. The highest BCUT2D eigenvalue weighted by Crippen LogP contribution is 2.21. The van der Waals surface area contributed by atoms with E-state index < -0.39 is 0 Å². The van der Waals surface area contributed by atoms with Crippen molar-refractivity contribution in [2.45, 2.75) is 65.0 Å². The lowest BCUT2D eigenvalue weighted by Gasteiger charge is -2.38. The Balaban J connectivity index is 0.00000242. The maximum atomic E-state index is 12.5. The summed E-state index contributed by atoms with van der Waals surface area (Å²) < 4.78 is 0. The molecule has 1 fully saturated rings. The van der Waals surface area contributed by atoms with Crippen molar-refractivity contribution in [1.29, 1.82) is 0 Å². The molecule has 1 amide bonds. The molecule has 2 rings (SSSR count). The monoisotopic (exact) mass is 324 g/mol. The molecule has 0 bridgehead atoms. The van der Waals surface area contributed by atoms with Crippen molar-refractivity contribution >= 4 is 18.3 Å². The predicted octanol–water partition coefficient (Wildman–Crippen LogP) is 3.39. The molecule has 0 saturated carbocycles. The van der Waals surface area contributed by atoms with Crippen molar-refractivity contribution in [3.05, 3.63) is 34.9 Å². The number of amides is 1. The second kappa shape index (κ2) is 8.54. The number of hydrogen-bond donors (Lipinski definition) is 1. The van der Waals surface area contributed by atoms with Crippen molar-refractivity contribution in [2.75, 3.05) is 6.54 Å². The summed E-state index contributed by atoms with van der Waals surface area (Å²) in [6, 6.07) is 6.75. The van der Waals surface area contributed by atoms with Gasteiger partial charge in [-0.3, -0.25) is 4.79 Å². The minimum atomic E-state index is 0. The van der Waals surface area contributed by atoms with Crippen molar-refractivity contribution < 1.29 is 4.79 Å². The topological polar surface area (TPSA) is 46.3 Å². The first kappa shape index (κ1) is 19.0. The maximum Gasteiger partial charge on any atom is 0.223 e. The van der Waals surface area contributed by atoms with Crippen LogP contribution in [0, 0.1) is 13.8 Å².